The predicted octanol–water partition coefficient (Wildman–Crippen LogP) is 2.27. The third-order valence-electron chi connectivity index (χ3n) is 1.79. The van der Waals surface area contributed by atoms with Gasteiger partial charge in [0.1, 0.15) is 0 Å². The lowest BCUT2D eigenvalue weighted by molar-refractivity contribution is 0.775. The van der Waals surface area contributed by atoms with Crippen LogP contribution in [-0.4, -0.2) is 4.32 Å². The van der Waals surface area contributed by atoms with Crippen LogP contribution in [-0.2, 0) is 0 Å². The second-order valence-corrected chi connectivity index (χ2v) is 3.99. The minimum Gasteiger partial charge on any atom is -0.0798 e. The summed E-state index contributed by atoms with van der Waals surface area (Å²) in [5.41, 5.74) is 0. The molecular weight excluding hydrogens is 164 g/mol. The molecule has 0 N–H and O–H groups in total. The molecule has 1 heteroatoms. The van der Waals surface area contributed by atoms with E-state index in [1.807, 2.05) is 0 Å². The lowest BCUT2D eigenvalue weighted by atomic mass is 10.2. The normalized spacial score (nSPS) is 48.9. The summed E-state index contributed by atoms with van der Waals surface area (Å²) < 4.78 is 0.262. The van der Waals surface area contributed by atoms with E-state index in [0.29, 0.717) is 0 Å². The highest BCUT2D eigenvalue weighted by atomic mass is 79.9. The number of allylic oxidation sites excluding steroid dienone is 4. The molecular formula is C7H7Br. The van der Waals surface area contributed by atoms with Crippen molar-refractivity contribution < 1.29 is 0 Å². The van der Waals surface area contributed by atoms with E-state index in [2.05, 4.69) is 40.2 Å². The Labute approximate surface area is 57.4 Å². The molecule has 8 heavy (non-hydrogen) atoms. The average molecular weight is 171 g/mol. The Balaban J connectivity index is 2.43. The van der Waals surface area contributed by atoms with Gasteiger partial charge in [0.2, 0.25) is 0 Å². The molecule has 0 aromatic rings. The van der Waals surface area contributed by atoms with Crippen LogP contribution in [0.4, 0.5) is 0 Å². The molecule has 0 aromatic carbocycles. The summed E-state index contributed by atoms with van der Waals surface area (Å²) in [6.07, 6.45) is 10.2. The van der Waals surface area contributed by atoms with E-state index in [4.69, 9.17) is 0 Å². The smallest absolute Gasteiger partial charge is 0.0625 e. The Morgan fingerprint density at radius 1 is 1.38 bits per heavy atom. The quantitative estimate of drug-likeness (QED) is 0.387. The Hall–Kier alpha value is -0.0400. The van der Waals surface area contributed by atoms with Crippen LogP contribution in [0.25, 0.3) is 0 Å². The van der Waals surface area contributed by atoms with Crippen LogP contribution < -0.4 is 0 Å². The Kier molecular flexibility index (Phi) is 0.762. The van der Waals surface area contributed by atoms with Gasteiger partial charge in [-0.1, -0.05) is 40.2 Å². The lowest BCUT2D eigenvalue weighted by Crippen LogP contribution is -2.05. The first-order valence-corrected chi connectivity index (χ1v) is 3.65. The maximum Gasteiger partial charge on any atom is 0.0625 e. The van der Waals surface area contributed by atoms with E-state index in [1.54, 1.807) is 0 Å². The molecule has 2 aliphatic carbocycles. The maximum absolute atomic E-state index is 3.61. The summed E-state index contributed by atoms with van der Waals surface area (Å²) >= 11 is 3.61. The molecule has 0 saturated heterocycles. The van der Waals surface area contributed by atoms with Crippen LogP contribution in [0.2, 0.25) is 0 Å². The van der Waals surface area contributed by atoms with Crippen molar-refractivity contribution in [2.24, 2.45) is 5.92 Å². The summed E-state index contributed by atoms with van der Waals surface area (Å²) in [6, 6.07) is 0. The van der Waals surface area contributed by atoms with E-state index in [1.165, 1.54) is 6.42 Å². The van der Waals surface area contributed by atoms with Gasteiger partial charge in [-0.25, -0.2) is 0 Å². The number of halogens is 1. The van der Waals surface area contributed by atoms with Crippen molar-refractivity contribution in [1.29, 1.82) is 0 Å². The monoisotopic (exact) mass is 170 g/mol. The Morgan fingerprint density at radius 2 is 2.00 bits per heavy atom. The third kappa shape index (κ3) is 0.510. The molecule has 0 saturated carbocycles. The summed E-state index contributed by atoms with van der Waals surface area (Å²) in [4.78, 5) is 0. The van der Waals surface area contributed by atoms with Crippen LogP contribution in [0, 0.1) is 5.92 Å². The molecule has 0 aliphatic heterocycles. The fourth-order valence-corrected chi connectivity index (χ4v) is 2.00. The van der Waals surface area contributed by atoms with E-state index < -0.39 is 0 Å². The molecule has 0 atom stereocenters. The van der Waals surface area contributed by atoms with E-state index >= 15 is 0 Å². The van der Waals surface area contributed by atoms with Crippen molar-refractivity contribution in [3.05, 3.63) is 24.3 Å². The zero-order chi connectivity index (χ0) is 5.61. The number of hydrogen-bond donors (Lipinski definition) is 0. The van der Waals surface area contributed by atoms with Gasteiger partial charge in [0.05, 0.1) is 4.32 Å². The van der Waals surface area contributed by atoms with E-state index in [0.717, 1.165) is 5.92 Å². The minimum absolute atomic E-state index is 0.262. The van der Waals surface area contributed by atoms with Crippen molar-refractivity contribution >= 4 is 15.9 Å². The highest BCUT2D eigenvalue weighted by Gasteiger charge is 2.32. The standard InChI is InChI=1S/C7H7Br/c8-7-3-1-6(5-7)2-4-7/h1-4,6H,5H2. The van der Waals surface area contributed by atoms with Crippen molar-refractivity contribution in [1.82, 2.24) is 0 Å². The zero-order valence-corrected chi connectivity index (χ0v) is 6.06. The molecule has 0 aromatic heterocycles. The zero-order valence-electron chi connectivity index (χ0n) is 4.47. The average Bonchev–Trinajstić information content (AvgIpc) is 2.21. The van der Waals surface area contributed by atoms with Crippen LogP contribution in [0.15, 0.2) is 24.3 Å². The summed E-state index contributed by atoms with van der Waals surface area (Å²) in [6.45, 7) is 0. The van der Waals surface area contributed by atoms with Gasteiger partial charge in [0.15, 0.2) is 0 Å². The Bertz CT molecular complexity index is 153. The number of fused-ring (bicyclic) bond motifs is 2. The van der Waals surface area contributed by atoms with Crippen molar-refractivity contribution in [2.75, 3.05) is 0 Å². The number of alkyl halides is 1. The summed E-state index contributed by atoms with van der Waals surface area (Å²) in [5, 5.41) is 0. The van der Waals surface area contributed by atoms with E-state index in [9.17, 15) is 0 Å². The third-order valence-corrected chi connectivity index (χ3v) is 2.64. The summed E-state index contributed by atoms with van der Waals surface area (Å²) in [7, 11) is 0. The van der Waals surface area contributed by atoms with Crippen molar-refractivity contribution in [2.45, 2.75) is 10.7 Å². The van der Waals surface area contributed by atoms with Crippen LogP contribution in [0.5, 0.6) is 0 Å². The molecule has 0 fully saturated rings. The first kappa shape index (κ1) is 4.80. The van der Waals surface area contributed by atoms with Gasteiger partial charge in [-0.2, -0.15) is 0 Å². The molecule has 0 radical (unpaired) electrons. The van der Waals surface area contributed by atoms with Gasteiger partial charge in [0.25, 0.3) is 0 Å². The molecule has 2 bridgehead atoms. The fourth-order valence-electron chi connectivity index (χ4n) is 1.32. The van der Waals surface area contributed by atoms with Crippen molar-refractivity contribution in [3.8, 4) is 0 Å². The highest BCUT2D eigenvalue weighted by molar-refractivity contribution is 9.10. The second-order valence-electron chi connectivity index (χ2n) is 2.51. The molecule has 2 rings (SSSR count). The topological polar surface area (TPSA) is 0 Å². The fraction of sp³-hybridized carbons (Fsp3) is 0.429. The Morgan fingerprint density at radius 3 is 2.12 bits per heavy atom. The van der Waals surface area contributed by atoms with Crippen LogP contribution >= 0.6 is 15.9 Å². The van der Waals surface area contributed by atoms with Gasteiger partial charge >= 0.3 is 0 Å². The highest BCUT2D eigenvalue weighted by Crippen LogP contribution is 2.42. The molecule has 0 heterocycles. The second kappa shape index (κ2) is 1.27. The van der Waals surface area contributed by atoms with Crippen LogP contribution in [0.1, 0.15) is 6.42 Å². The summed E-state index contributed by atoms with van der Waals surface area (Å²) in [5.74, 6) is 0.731. The van der Waals surface area contributed by atoms with Gasteiger partial charge in [-0.3, -0.25) is 0 Å². The molecule has 0 unspecified atom stereocenters. The number of hydrogen-bond acceptors (Lipinski definition) is 0. The molecule has 0 amide bonds. The SMILES string of the molecule is BrC12C=CC(C=C1)C2. The molecule has 0 nitrogen and oxygen atoms in total. The van der Waals surface area contributed by atoms with E-state index in [-0.39, 0.29) is 4.32 Å². The lowest BCUT2D eigenvalue weighted by Gasteiger charge is -2.08. The molecule has 42 valence electrons. The van der Waals surface area contributed by atoms with Gasteiger partial charge in [0, 0.05) is 0 Å². The first-order chi connectivity index (χ1) is 3.79. The maximum atomic E-state index is 3.61. The van der Waals surface area contributed by atoms with Crippen LogP contribution in [0.3, 0.4) is 0 Å². The number of rotatable bonds is 0. The van der Waals surface area contributed by atoms with Gasteiger partial charge < -0.3 is 0 Å². The van der Waals surface area contributed by atoms with Gasteiger partial charge in [-0.05, 0) is 12.3 Å². The predicted molar refractivity (Wildman–Crippen MR) is 38.0 cm³/mol. The first-order valence-electron chi connectivity index (χ1n) is 2.86. The molecule has 2 aliphatic rings. The molecule has 0 spiro atoms. The largest absolute Gasteiger partial charge is 0.0798 e. The van der Waals surface area contributed by atoms with Crippen molar-refractivity contribution in [3.63, 3.8) is 0 Å². The minimum atomic E-state index is 0.262. The van der Waals surface area contributed by atoms with Gasteiger partial charge in [-0.15, -0.1) is 0 Å².